The van der Waals surface area contributed by atoms with Gasteiger partial charge >= 0.3 is 0 Å². The highest BCUT2D eigenvalue weighted by Crippen LogP contribution is 2.45. The predicted molar refractivity (Wildman–Crippen MR) is 139 cm³/mol. The van der Waals surface area contributed by atoms with E-state index in [0.29, 0.717) is 11.7 Å². The van der Waals surface area contributed by atoms with Crippen LogP contribution in [0.3, 0.4) is 0 Å². The molecule has 2 aliphatic carbocycles. The zero-order valence-corrected chi connectivity index (χ0v) is 20.5. The van der Waals surface area contributed by atoms with Crippen LogP contribution in [-0.2, 0) is 40.1 Å². The van der Waals surface area contributed by atoms with E-state index >= 15 is 0 Å². The molecule has 35 heavy (non-hydrogen) atoms. The molecule has 7 heteroatoms. The van der Waals surface area contributed by atoms with E-state index in [1.54, 1.807) is 0 Å². The Bertz CT molecular complexity index is 1160. The molecule has 0 fully saturated rings. The second kappa shape index (κ2) is 10.9. The number of hydrogen-bond donors (Lipinski definition) is 2. The van der Waals surface area contributed by atoms with Crippen molar-refractivity contribution in [3.63, 3.8) is 0 Å². The minimum atomic E-state index is -1.31. The lowest BCUT2D eigenvalue weighted by Crippen LogP contribution is -2.44. The Labute approximate surface area is 206 Å². The van der Waals surface area contributed by atoms with Crippen LogP contribution in [0.5, 0.6) is 0 Å². The van der Waals surface area contributed by atoms with Gasteiger partial charge in [0.25, 0.3) is 6.02 Å². The van der Waals surface area contributed by atoms with Crippen molar-refractivity contribution in [2.24, 2.45) is 10.1 Å². The lowest BCUT2D eigenvalue weighted by Gasteiger charge is -2.28. The second-order valence-corrected chi connectivity index (χ2v) is 8.81. The van der Waals surface area contributed by atoms with Gasteiger partial charge in [-0.15, -0.1) is 0 Å². The van der Waals surface area contributed by atoms with E-state index in [0.717, 1.165) is 51.2 Å². The molecule has 0 bridgehead atoms. The van der Waals surface area contributed by atoms with Gasteiger partial charge in [0.2, 0.25) is 5.60 Å². The van der Waals surface area contributed by atoms with E-state index in [1.807, 2.05) is 0 Å². The first-order chi connectivity index (χ1) is 17.2. The Kier molecular flexibility index (Phi) is 7.66. The summed E-state index contributed by atoms with van der Waals surface area (Å²) in [5.74, 6) is 0. The molecule has 2 aromatic carbocycles. The summed E-state index contributed by atoms with van der Waals surface area (Å²) in [5.41, 5.74) is 8.48. The van der Waals surface area contributed by atoms with Gasteiger partial charge in [-0.1, -0.05) is 42.1 Å². The van der Waals surface area contributed by atoms with Crippen LogP contribution in [0.4, 0.5) is 5.69 Å². The molecule has 0 saturated carbocycles. The summed E-state index contributed by atoms with van der Waals surface area (Å²) < 4.78 is 6.06. The van der Waals surface area contributed by atoms with Crippen molar-refractivity contribution < 1.29 is 19.5 Å². The third-order valence-electron chi connectivity index (χ3n) is 6.93. The fourth-order valence-electron chi connectivity index (χ4n) is 5.46. The van der Waals surface area contributed by atoms with E-state index in [9.17, 15) is 4.79 Å². The molecule has 5 rings (SSSR count). The average molecular weight is 476 g/mol. The molecule has 7 nitrogen and oxygen atoms in total. The summed E-state index contributed by atoms with van der Waals surface area (Å²) >= 11 is 0. The van der Waals surface area contributed by atoms with Gasteiger partial charge in [-0.2, -0.15) is 0 Å². The lowest BCUT2D eigenvalue weighted by molar-refractivity contribution is -0.116. The van der Waals surface area contributed by atoms with Gasteiger partial charge in [0.1, 0.15) is 12.8 Å². The summed E-state index contributed by atoms with van der Waals surface area (Å²) in [6, 6.07) is 11.1. The van der Waals surface area contributed by atoms with Gasteiger partial charge in [0.05, 0.1) is 6.54 Å². The Morgan fingerprint density at radius 2 is 1.71 bits per heavy atom. The number of aliphatic imine (C=N–C) groups is 1. The molecule has 2 aromatic rings. The highest BCUT2D eigenvalue weighted by atomic mass is 16.6. The molecule has 0 saturated heterocycles. The van der Waals surface area contributed by atoms with Gasteiger partial charge in [0, 0.05) is 12.8 Å². The Hall–Kier alpha value is -3.45. The molecular formula is C28H33N3O4. The number of nitrogens with one attached hydrogen (secondary N) is 1. The van der Waals surface area contributed by atoms with Crippen molar-refractivity contribution in [3.05, 3.63) is 65.2 Å². The van der Waals surface area contributed by atoms with Crippen molar-refractivity contribution >= 4 is 23.7 Å². The third-order valence-corrected chi connectivity index (χ3v) is 6.93. The van der Waals surface area contributed by atoms with E-state index in [2.05, 4.69) is 52.4 Å². The molecule has 0 radical (unpaired) electrons. The number of benzene rings is 2. The molecule has 0 amide bonds. The quantitative estimate of drug-likeness (QED) is 0.370. The largest absolute Gasteiger partial charge is 0.442 e. The zero-order valence-electron chi connectivity index (χ0n) is 20.5. The van der Waals surface area contributed by atoms with Gasteiger partial charge < -0.3 is 20.0 Å². The summed E-state index contributed by atoms with van der Waals surface area (Å²) in [4.78, 5) is 21.4. The number of aliphatic hydroxyl groups is 1. The Morgan fingerprint density at radius 1 is 1.09 bits per heavy atom. The molecule has 0 spiro atoms. The number of rotatable bonds is 6. The molecule has 3 aliphatic rings. The average Bonchev–Trinajstić information content (AvgIpc) is 3.57. The van der Waals surface area contributed by atoms with Crippen LogP contribution < -0.4 is 5.32 Å². The molecule has 2 N–H and O–H groups in total. The number of carbonyl (C=O) groups excluding carboxylic acids is 1. The molecular weight excluding hydrogens is 442 g/mol. The highest BCUT2D eigenvalue weighted by molar-refractivity contribution is 6.14. The zero-order chi connectivity index (χ0) is 24.8. The maximum absolute atomic E-state index is 12.0. The van der Waals surface area contributed by atoms with Gasteiger partial charge in [-0.05, 0) is 84.4 Å². The lowest BCUT2D eigenvalue weighted by atomic mass is 9.80. The first-order valence-electron chi connectivity index (χ1n) is 12.1. The number of nitrogens with zero attached hydrogens (tertiary/aromatic N) is 2. The number of oxime groups is 1. The normalized spacial score (nSPS) is 20.4. The van der Waals surface area contributed by atoms with E-state index < -0.39 is 5.60 Å². The summed E-state index contributed by atoms with van der Waals surface area (Å²) in [5, 5.41) is 14.4. The first kappa shape index (κ1) is 24.7. The number of hydrogen-bond acceptors (Lipinski definition) is 7. The minimum absolute atomic E-state index is 0.138. The SMILES string of the molecule is C=C/C(=N\OC)C1(C=O)CN=C(Nc2c3c(c(-c4ccccc4)c4c2CCC4)CCCC3)O1.CO. The standard InChI is InChI=1S/C27H29N3O3.CH4O/c1-3-23(30-32-2)27(17-31)16-28-26(33-27)29-25-21-13-8-7-12-19(21)24(18-10-5-4-6-11-18)20-14-9-15-22(20)25;1-2/h3-6,10-11,17H,1,7-9,12-16H2,2H3,(H,28,29);2H,1H3/b30-23+;. The van der Waals surface area contributed by atoms with Crippen LogP contribution in [0, 0.1) is 0 Å². The van der Waals surface area contributed by atoms with Crippen molar-refractivity contribution in [3.8, 4) is 11.1 Å². The Morgan fingerprint density at radius 3 is 2.34 bits per heavy atom. The monoisotopic (exact) mass is 475 g/mol. The van der Waals surface area contributed by atoms with E-state index in [4.69, 9.17) is 14.7 Å². The van der Waals surface area contributed by atoms with Crippen LogP contribution in [0.2, 0.25) is 0 Å². The minimum Gasteiger partial charge on any atom is -0.442 e. The smallest absolute Gasteiger partial charge is 0.290 e. The molecule has 1 heterocycles. The number of anilines is 1. The molecule has 1 aliphatic heterocycles. The van der Waals surface area contributed by atoms with Gasteiger partial charge in [0.15, 0.2) is 6.29 Å². The van der Waals surface area contributed by atoms with Gasteiger partial charge in [-0.3, -0.25) is 4.79 Å². The number of aldehydes is 1. The van der Waals surface area contributed by atoms with Crippen molar-refractivity contribution in [2.75, 3.05) is 26.1 Å². The van der Waals surface area contributed by atoms with Crippen LogP contribution in [0.15, 0.2) is 53.1 Å². The molecule has 0 aromatic heterocycles. The number of amidine groups is 1. The van der Waals surface area contributed by atoms with Crippen LogP contribution >= 0.6 is 0 Å². The third kappa shape index (κ3) is 4.48. The molecule has 184 valence electrons. The Balaban J connectivity index is 0.00000141. The molecule has 1 unspecified atom stereocenters. The fraction of sp³-hybridized carbons (Fsp3) is 0.393. The number of fused-ring (bicyclic) bond motifs is 2. The van der Waals surface area contributed by atoms with E-state index in [1.165, 1.54) is 59.4 Å². The summed E-state index contributed by atoms with van der Waals surface area (Å²) in [7, 11) is 2.43. The second-order valence-electron chi connectivity index (χ2n) is 8.81. The highest BCUT2D eigenvalue weighted by Gasteiger charge is 2.43. The van der Waals surface area contributed by atoms with Crippen LogP contribution in [-0.4, -0.2) is 49.5 Å². The maximum Gasteiger partial charge on any atom is 0.290 e. The molecule has 1 atom stereocenters. The number of ether oxygens (including phenoxy) is 1. The van der Waals surface area contributed by atoms with Crippen LogP contribution in [0.25, 0.3) is 11.1 Å². The van der Waals surface area contributed by atoms with E-state index in [-0.39, 0.29) is 6.54 Å². The van der Waals surface area contributed by atoms with Crippen molar-refractivity contribution in [1.82, 2.24) is 0 Å². The topological polar surface area (TPSA) is 92.5 Å². The first-order valence-corrected chi connectivity index (χ1v) is 12.1. The van der Waals surface area contributed by atoms with Crippen molar-refractivity contribution in [2.45, 2.75) is 50.5 Å². The predicted octanol–water partition coefficient (Wildman–Crippen LogP) is 4.25. The maximum atomic E-state index is 12.0. The summed E-state index contributed by atoms with van der Waals surface area (Å²) in [6.07, 6.45) is 9.92. The number of aliphatic hydroxyl groups excluding tert-OH is 1. The van der Waals surface area contributed by atoms with Gasteiger partial charge in [-0.25, -0.2) is 4.99 Å². The number of carbonyl (C=O) groups is 1. The summed E-state index contributed by atoms with van der Waals surface area (Å²) in [6.45, 7) is 3.89. The van der Waals surface area contributed by atoms with Crippen LogP contribution in [0.1, 0.15) is 41.5 Å². The fourth-order valence-corrected chi connectivity index (χ4v) is 5.46. The van der Waals surface area contributed by atoms with Crippen molar-refractivity contribution in [1.29, 1.82) is 0 Å².